The van der Waals surface area contributed by atoms with E-state index in [4.69, 9.17) is 5.10 Å². The minimum absolute atomic E-state index is 0.0619. The van der Waals surface area contributed by atoms with E-state index in [1.807, 2.05) is 47.5 Å². The van der Waals surface area contributed by atoms with Crippen molar-refractivity contribution in [2.24, 2.45) is 11.0 Å². The maximum Gasteiger partial charge on any atom is 0.176 e. The Balaban J connectivity index is 1.61. The minimum Gasteiger partial charge on any atom is -0.301 e. The van der Waals surface area contributed by atoms with Crippen LogP contribution in [0.5, 0.6) is 0 Å². The first-order valence-electron chi connectivity index (χ1n) is 9.41. The summed E-state index contributed by atoms with van der Waals surface area (Å²) in [5.74, 6) is 0.114. The van der Waals surface area contributed by atoms with E-state index < -0.39 is 0 Å². The van der Waals surface area contributed by atoms with Crippen LogP contribution in [0, 0.1) is 16.2 Å². The number of benzene rings is 1. The van der Waals surface area contributed by atoms with Gasteiger partial charge in [-0.3, -0.25) is 5.01 Å². The molecule has 2 aromatic heterocycles. The second-order valence-corrected chi connectivity index (χ2v) is 9.50. The summed E-state index contributed by atoms with van der Waals surface area (Å²) in [4.78, 5) is 4.10. The predicted octanol–water partition coefficient (Wildman–Crippen LogP) is 5.65. The van der Waals surface area contributed by atoms with Crippen molar-refractivity contribution in [3.8, 4) is 0 Å². The molecule has 148 valence electrons. The topological polar surface area (TPSA) is 18.8 Å². The molecule has 1 aromatic carbocycles. The summed E-state index contributed by atoms with van der Waals surface area (Å²) in [5, 5.41) is 6.66. The molecule has 0 radical (unpaired) electrons. The van der Waals surface area contributed by atoms with Gasteiger partial charge in [0.2, 0.25) is 0 Å². The highest BCUT2D eigenvalue weighted by Gasteiger charge is 2.44. The van der Waals surface area contributed by atoms with Gasteiger partial charge in [0.05, 0.1) is 17.4 Å². The molecule has 4 heterocycles. The normalized spacial score (nSPS) is 23.5. The zero-order chi connectivity index (χ0) is 20.0. The first-order valence-corrected chi connectivity index (χ1v) is 11.0. The molecule has 2 unspecified atom stereocenters. The van der Waals surface area contributed by atoms with Crippen LogP contribution in [0.3, 0.4) is 0 Å². The number of halogens is 2. The molecule has 0 N–H and O–H groups in total. The molecule has 0 aliphatic carbocycles. The number of hydrogen-bond donors (Lipinski definition) is 0. The third-order valence-corrected chi connectivity index (χ3v) is 7.07. The van der Waals surface area contributed by atoms with Crippen LogP contribution < -0.4 is 5.01 Å². The summed E-state index contributed by atoms with van der Waals surface area (Å²) < 4.78 is 27.4. The van der Waals surface area contributed by atoms with Crippen molar-refractivity contribution in [1.82, 2.24) is 4.90 Å². The van der Waals surface area contributed by atoms with Gasteiger partial charge < -0.3 is 4.90 Å². The van der Waals surface area contributed by atoms with Crippen LogP contribution in [-0.4, -0.2) is 30.7 Å². The van der Waals surface area contributed by atoms with E-state index in [9.17, 15) is 8.78 Å². The van der Waals surface area contributed by atoms with E-state index in [-0.39, 0.29) is 22.2 Å². The number of likely N-dealkylation sites (N-methyl/N-ethyl adjacent to an activating group) is 1. The molecule has 3 aromatic rings. The van der Waals surface area contributed by atoms with Gasteiger partial charge in [0.25, 0.3) is 0 Å². The summed E-state index contributed by atoms with van der Waals surface area (Å²) in [7, 11) is 2.08. The summed E-state index contributed by atoms with van der Waals surface area (Å²) >= 11 is 2.32. The highest BCUT2D eigenvalue weighted by atomic mass is 32.1. The third-order valence-electron chi connectivity index (χ3n) is 5.31. The van der Waals surface area contributed by atoms with Crippen molar-refractivity contribution in [2.75, 3.05) is 25.1 Å². The molecule has 5 rings (SSSR count). The van der Waals surface area contributed by atoms with Gasteiger partial charge in [0, 0.05) is 28.8 Å². The van der Waals surface area contributed by atoms with Crippen LogP contribution in [0.25, 0.3) is 6.08 Å². The lowest BCUT2D eigenvalue weighted by molar-refractivity contribution is 0.304. The fourth-order valence-corrected chi connectivity index (χ4v) is 5.72. The first-order chi connectivity index (χ1) is 14.1. The van der Waals surface area contributed by atoms with E-state index in [0.717, 1.165) is 51.2 Å². The van der Waals surface area contributed by atoms with Crippen molar-refractivity contribution >= 4 is 40.1 Å². The zero-order valence-corrected chi connectivity index (χ0v) is 17.4. The molecule has 0 saturated carbocycles. The number of hydrogen-bond acceptors (Lipinski definition) is 5. The van der Waals surface area contributed by atoms with Crippen LogP contribution in [0.2, 0.25) is 0 Å². The fourth-order valence-electron chi connectivity index (χ4n) is 4.14. The molecule has 7 heteroatoms. The van der Waals surface area contributed by atoms with Crippen LogP contribution in [0.1, 0.15) is 15.8 Å². The number of hydrazone groups is 1. The number of anilines is 1. The molecule has 2 atom stereocenters. The Morgan fingerprint density at radius 2 is 1.76 bits per heavy atom. The van der Waals surface area contributed by atoms with E-state index in [0.29, 0.717) is 0 Å². The maximum absolute atomic E-state index is 13.9. The Bertz CT molecular complexity index is 1090. The second-order valence-electron chi connectivity index (χ2n) is 7.37. The molecule has 0 amide bonds. The van der Waals surface area contributed by atoms with Gasteiger partial charge in [-0.15, -0.1) is 22.7 Å². The Kier molecular flexibility index (Phi) is 4.81. The van der Waals surface area contributed by atoms with E-state index in [1.54, 1.807) is 6.07 Å². The van der Waals surface area contributed by atoms with E-state index >= 15 is 0 Å². The van der Waals surface area contributed by atoms with Gasteiger partial charge in [-0.1, -0.05) is 18.2 Å². The molecule has 1 fully saturated rings. The maximum atomic E-state index is 13.9. The van der Waals surface area contributed by atoms with Crippen molar-refractivity contribution in [1.29, 1.82) is 0 Å². The van der Waals surface area contributed by atoms with E-state index in [2.05, 4.69) is 11.9 Å². The number of nitrogens with zero attached hydrogens (tertiary/aromatic N) is 3. The fraction of sp³-hybridized carbons (Fsp3) is 0.227. The Morgan fingerprint density at radius 1 is 1.00 bits per heavy atom. The summed E-state index contributed by atoms with van der Waals surface area (Å²) in [6.07, 6.45) is 2.04. The summed E-state index contributed by atoms with van der Waals surface area (Å²) in [6.45, 7) is 1.59. The molecular weight excluding hydrogens is 408 g/mol. The van der Waals surface area contributed by atoms with Crippen molar-refractivity contribution in [3.63, 3.8) is 0 Å². The van der Waals surface area contributed by atoms with Gasteiger partial charge >= 0.3 is 0 Å². The third kappa shape index (κ3) is 3.54. The average molecular weight is 428 g/mol. The molecule has 1 saturated heterocycles. The molecule has 2 aliphatic heterocycles. The van der Waals surface area contributed by atoms with Crippen molar-refractivity contribution < 1.29 is 8.78 Å². The lowest BCUT2D eigenvalue weighted by Gasteiger charge is -2.34. The highest BCUT2D eigenvalue weighted by molar-refractivity contribution is 7.11. The van der Waals surface area contributed by atoms with E-state index in [1.165, 1.54) is 23.5 Å². The number of likely N-dealkylation sites (tertiary alicyclic amines) is 1. The second kappa shape index (κ2) is 7.48. The number of thiophene rings is 2. The van der Waals surface area contributed by atoms with Gasteiger partial charge in [-0.05, 0) is 55.1 Å². The molecule has 0 bridgehead atoms. The first kappa shape index (κ1) is 18.7. The minimum atomic E-state index is -0.191. The van der Waals surface area contributed by atoms with Gasteiger partial charge in [0.15, 0.2) is 10.3 Å². The number of para-hydroxylation sites is 1. The lowest BCUT2D eigenvalue weighted by Crippen LogP contribution is -2.41. The summed E-state index contributed by atoms with van der Waals surface area (Å²) in [6, 6.07) is 16.6. The van der Waals surface area contributed by atoms with Gasteiger partial charge in [0.1, 0.15) is 0 Å². The molecule has 2 aliphatic rings. The Labute approximate surface area is 176 Å². The smallest absolute Gasteiger partial charge is 0.176 e. The zero-order valence-electron chi connectivity index (χ0n) is 15.8. The molecule has 29 heavy (non-hydrogen) atoms. The van der Waals surface area contributed by atoms with Crippen molar-refractivity contribution in [3.05, 3.63) is 80.2 Å². The average Bonchev–Trinajstić information content (AvgIpc) is 3.41. The van der Waals surface area contributed by atoms with Crippen LogP contribution in [0.15, 0.2) is 65.3 Å². The number of piperidine rings is 1. The number of rotatable bonds is 3. The molecule has 0 spiro atoms. The van der Waals surface area contributed by atoms with Crippen LogP contribution in [-0.2, 0) is 0 Å². The molecule has 3 nitrogen and oxygen atoms in total. The summed E-state index contributed by atoms with van der Waals surface area (Å²) in [5.41, 5.74) is 3.09. The standard InChI is InChI=1S/C22H19F2N3S2/c1-26-12-14(11-16-7-9-19(23)28-16)21-17(13-26)22(18-8-10-20(24)29-18)27(25-21)15-5-3-2-4-6-15/h2-11,17,22H,12-13H2,1H3/b14-11+. The molecular formula is C22H19F2N3S2. The number of fused-ring (bicyclic) bond motifs is 1. The SMILES string of the molecule is CN1C/C(=C\c2ccc(F)s2)C2=NN(c3ccccc3)C(c3ccc(F)s3)C2C1. The highest BCUT2D eigenvalue weighted by Crippen LogP contribution is 2.44. The van der Waals surface area contributed by atoms with Crippen LogP contribution in [0.4, 0.5) is 14.5 Å². The van der Waals surface area contributed by atoms with Gasteiger partial charge in [-0.2, -0.15) is 13.9 Å². The predicted molar refractivity (Wildman–Crippen MR) is 117 cm³/mol. The Morgan fingerprint density at radius 3 is 2.45 bits per heavy atom. The largest absolute Gasteiger partial charge is 0.301 e. The monoisotopic (exact) mass is 427 g/mol. The lowest BCUT2D eigenvalue weighted by atomic mass is 9.86. The quantitative estimate of drug-likeness (QED) is 0.538. The van der Waals surface area contributed by atoms with Crippen molar-refractivity contribution in [2.45, 2.75) is 6.04 Å². The van der Waals surface area contributed by atoms with Gasteiger partial charge in [-0.25, -0.2) is 0 Å². The Hall–Kier alpha value is -2.35. The van der Waals surface area contributed by atoms with Crippen LogP contribution >= 0.6 is 22.7 Å².